The third-order valence-corrected chi connectivity index (χ3v) is 5.28. The summed E-state index contributed by atoms with van der Waals surface area (Å²) in [6.07, 6.45) is 4.59. The van der Waals surface area contributed by atoms with Gasteiger partial charge in [-0.25, -0.2) is 0 Å². The number of hydrogen-bond donors (Lipinski definition) is 2. The molecule has 5 heteroatoms. The summed E-state index contributed by atoms with van der Waals surface area (Å²) in [7, 11) is 1.68. The molecule has 140 valence electrons. The van der Waals surface area contributed by atoms with Crippen LogP contribution in [0.2, 0.25) is 0 Å². The van der Waals surface area contributed by atoms with Gasteiger partial charge >= 0.3 is 0 Å². The molecule has 1 saturated carbocycles. The number of hydrogen-bond acceptors (Lipinski definition) is 3. The molecule has 2 aromatic carbocycles. The first-order valence-corrected chi connectivity index (χ1v) is 9.30. The largest absolute Gasteiger partial charge is 0.497 e. The van der Waals surface area contributed by atoms with E-state index in [4.69, 9.17) is 9.47 Å². The number of aromatic nitrogens is 1. The van der Waals surface area contributed by atoms with Crippen molar-refractivity contribution < 1.29 is 14.3 Å². The van der Waals surface area contributed by atoms with Crippen LogP contribution in [0.4, 0.5) is 0 Å². The van der Waals surface area contributed by atoms with Gasteiger partial charge in [0.1, 0.15) is 11.5 Å². The van der Waals surface area contributed by atoms with Crippen molar-refractivity contribution in [3.8, 4) is 11.5 Å². The third-order valence-electron chi connectivity index (χ3n) is 5.28. The summed E-state index contributed by atoms with van der Waals surface area (Å²) in [5.74, 6) is 1.66. The van der Waals surface area contributed by atoms with E-state index in [0.717, 1.165) is 29.9 Å². The van der Waals surface area contributed by atoms with Gasteiger partial charge in [0.05, 0.1) is 20.1 Å². The summed E-state index contributed by atoms with van der Waals surface area (Å²) in [6.45, 7) is 1.04. The van der Waals surface area contributed by atoms with E-state index in [1.165, 1.54) is 10.9 Å². The summed E-state index contributed by atoms with van der Waals surface area (Å²) in [6, 6.07) is 15.6. The van der Waals surface area contributed by atoms with Crippen molar-refractivity contribution in [3.63, 3.8) is 0 Å². The fourth-order valence-electron chi connectivity index (χ4n) is 3.49. The van der Waals surface area contributed by atoms with Gasteiger partial charge in [0, 0.05) is 29.1 Å². The molecule has 0 atom stereocenters. The SMILES string of the molecule is COc1ccc2[nH]cc(C3(CNC(=O)CCOc4ccccc4)CC3)c2c1. The minimum Gasteiger partial charge on any atom is -0.497 e. The second kappa shape index (κ2) is 7.35. The fourth-order valence-corrected chi connectivity index (χ4v) is 3.49. The molecular weight excluding hydrogens is 340 g/mol. The van der Waals surface area contributed by atoms with E-state index in [1.54, 1.807) is 7.11 Å². The van der Waals surface area contributed by atoms with Crippen LogP contribution in [-0.4, -0.2) is 31.2 Å². The maximum Gasteiger partial charge on any atom is 0.223 e. The standard InChI is InChI=1S/C22H24N2O3/c1-26-17-7-8-20-18(13-17)19(14-23-20)22(10-11-22)15-24-21(25)9-12-27-16-5-3-2-4-6-16/h2-8,13-14,23H,9-12,15H2,1H3,(H,24,25). The highest BCUT2D eigenvalue weighted by molar-refractivity contribution is 5.86. The lowest BCUT2D eigenvalue weighted by atomic mass is 9.95. The summed E-state index contributed by atoms with van der Waals surface area (Å²) in [5, 5.41) is 4.26. The molecule has 1 amide bonds. The average molecular weight is 364 g/mol. The normalized spacial score (nSPS) is 14.7. The van der Waals surface area contributed by atoms with Gasteiger partial charge in [-0.3, -0.25) is 4.79 Å². The van der Waals surface area contributed by atoms with Crippen molar-refractivity contribution in [3.05, 3.63) is 60.3 Å². The van der Waals surface area contributed by atoms with Crippen LogP contribution < -0.4 is 14.8 Å². The van der Waals surface area contributed by atoms with E-state index in [1.807, 2.05) is 42.5 Å². The number of carbonyl (C=O) groups excluding carboxylic acids is 1. The topological polar surface area (TPSA) is 63.3 Å². The number of carbonyl (C=O) groups is 1. The Balaban J connectivity index is 1.35. The lowest BCUT2D eigenvalue weighted by molar-refractivity contribution is -0.121. The van der Waals surface area contributed by atoms with E-state index < -0.39 is 0 Å². The van der Waals surface area contributed by atoms with E-state index in [2.05, 4.69) is 22.6 Å². The van der Waals surface area contributed by atoms with Crippen LogP contribution in [0.3, 0.4) is 0 Å². The molecule has 4 rings (SSSR count). The zero-order chi connectivity index (χ0) is 18.7. The highest BCUT2D eigenvalue weighted by Crippen LogP contribution is 2.50. The highest BCUT2D eigenvalue weighted by atomic mass is 16.5. The number of nitrogens with one attached hydrogen (secondary N) is 2. The second-order valence-electron chi connectivity index (χ2n) is 7.08. The van der Waals surface area contributed by atoms with Crippen molar-refractivity contribution in [2.75, 3.05) is 20.3 Å². The van der Waals surface area contributed by atoms with E-state index in [0.29, 0.717) is 19.6 Å². The van der Waals surface area contributed by atoms with Gasteiger partial charge < -0.3 is 19.8 Å². The van der Waals surface area contributed by atoms with Crippen molar-refractivity contribution in [1.82, 2.24) is 10.3 Å². The molecule has 5 nitrogen and oxygen atoms in total. The number of aromatic amines is 1. The van der Waals surface area contributed by atoms with E-state index in [-0.39, 0.29) is 11.3 Å². The number of amides is 1. The Kier molecular flexibility index (Phi) is 4.75. The molecule has 1 aliphatic rings. The van der Waals surface area contributed by atoms with Crippen molar-refractivity contribution in [2.45, 2.75) is 24.7 Å². The number of methoxy groups -OCH3 is 1. The number of ether oxygens (including phenoxy) is 2. The number of rotatable bonds is 8. The number of para-hydroxylation sites is 1. The Hall–Kier alpha value is -2.95. The van der Waals surface area contributed by atoms with Gasteiger partial charge in [-0.05, 0) is 48.7 Å². The number of fused-ring (bicyclic) bond motifs is 1. The van der Waals surface area contributed by atoms with Crippen LogP contribution in [-0.2, 0) is 10.2 Å². The summed E-state index contributed by atoms with van der Waals surface area (Å²) in [4.78, 5) is 15.6. The molecule has 0 spiro atoms. The number of benzene rings is 2. The van der Waals surface area contributed by atoms with Gasteiger partial charge in [-0.2, -0.15) is 0 Å². The molecule has 0 unspecified atom stereocenters. The first-order valence-electron chi connectivity index (χ1n) is 9.30. The predicted octanol–water partition coefficient (Wildman–Crippen LogP) is 3.79. The Morgan fingerprint density at radius 3 is 2.70 bits per heavy atom. The molecule has 0 aliphatic heterocycles. The van der Waals surface area contributed by atoms with Gasteiger partial charge in [0.2, 0.25) is 5.91 Å². The van der Waals surface area contributed by atoms with Crippen molar-refractivity contribution in [1.29, 1.82) is 0 Å². The van der Waals surface area contributed by atoms with Gasteiger partial charge in [0.25, 0.3) is 0 Å². The monoisotopic (exact) mass is 364 g/mol. The van der Waals surface area contributed by atoms with E-state index in [9.17, 15) is 4.79 Å². The minimum absolute atomic E-state index is 0.0228. The first kappa shape index (κ1) is 17.5. The summed E-state index contributed by atoms with van der Waals surface area (Å²) in [5.41, 5.74) is 2.39. The van der Waals surface area contributed by atoms with Gasteiger partial charge in [0.15, 0.2) is 0 Å². The molecule has 0 bridgehead atoms. The van der Waals surface area contributed by atoms with Crippen LogP contribution >= 0.6 is 0 Å². The third kappa shape index (κ3) is 3.77. The van der Waals surface area contributed by atoms with Crippen LogP contribution in [0.25, 0.3) is 10.9 Å². The smallest absolute Gasteiger partial charge is 0.223 e. The van der Waals surface area contributed by atoms with Crippen molar-refractivity contribution >= 4 is 16.8 Å². The second-order valence-corrected chi connectivity index (χ2v) is 7.08. The molecule has 1 aliphatic carbocycles. The van der Waals surface area contributed by atoms with Crippen LogP contribution in [0.5, 0.6) is 11.5 Å². The Morgan fingerprint density at radius 1 is 1.15 bits per heavy atom. The van der Waals surface area contributed by atoms with Crippen LogP contribution in [0.15, 0.2) is 54.7 Å². The van der Waals surface area contributed by atoms with Gasteiger partial charge in [-0.1, -0.05) is 18.2 Å². The maximum absolute atomic E-state index is 12.2. The quantitative estimate of drug-likeness (QED) is 0.639. The Morgan fingerprint density at radius 2 is 1.96 bits per heavy atom. The van der Waals surface area contributed by atoms with Crippen molar-refractivity contribution in [2.24, 2.45) is 0 Å². The highest BCUT2D eigenvalue weighted by Gasteiger charge is 2.45. The molecule has 2 N–H and O–H groups in total. The van der Waals surface area contributed by atoms with Crippen LogP contribution in [0, 0.1) is 0 Å². The fraction of sp³-hybridized carbons (Fsp3) is 0.318. The molecule has 0 radical (unpaired) electrons. The van der Waals surface area contributed by atoms with E-state index >= 15 is 0 Å². The summed E-state index contributed by atoms with van der Waals surface area (Å²) >= 11 is 0. The zero-order valence-electron chi connectivity index (χ0n) is 15.5. The lowest BCUT2D eigenvalue weighted by Gasteiger charge is -2.16. The molecule has 3 aromatic rings. The lowest BCUT2D eigenvalue weighted by Crippen LogP contribution is -2.32. The predicted molar refractivity (Wildman–Crippen MR) is 105 cm³/mol. The first-order chi connectivity index (χ1) is 13.2. The molecule has 1 heterocycles. The molecule has 0 saturated heterocycles. The minimum atomic E-state index is 0.0228. The molecule has 1 fully saturated rings. The zero-order valence-corrected chi connectivity index (χ0v) is 15.5. The number of H-pyrrole nitrogens is 1. The molecular formula is C22H24N2O3. The average Bonchev–Trinajstić information content (AvgIpc) is 3.37. The summed E-state index contributed by atoms with van der Waals surface area (Å²) < 4.78 is 11.0. The van der Waals surface area contributed by atoms with Gasteiger partial charge in [-0.15, -0.1) is 0 Å². The maximum atomic E-state index is 12.2. The van der Waals surface area contributed by atoms with Crippen LogP contribution in [0.1, 0.15) is 24.8 Å². The Bertz CT molecular complexity index is 929. The molecule has 1 aromatic heterocycles. The Labute approximate surface area is 158 Å². The molecule has 27 heavy (non-hydrogen) atoms.